The maximum absolute atomic E-state index is 12.8. The smallest absolute Gasteiger partial charge is 0.243 e. The highest BCUT2D eigenvalue weighted by Gasteiger charge is 2.29. The summed E-state index contributed by atoms with van der Waals surface area (Å²) < 4.78 is 27.2. The number of nitrogens with zero attached hydrogens (tertiary/aromatic N) is 3. The molecule has 0 spiro atoms. The van der Waals surface area contributed by atoms with Crippen LogP contribution in [0.25, 0.3) is 0 Å². The molecule has 4 rings (SSSR count). The summed E-state index contributed by atoms with van der Waals surface area (Å²) in [5.74, 6) is 0. The highest BCUT2D eigenvalue weighted by Crippen LogP contribution is 2.27. The van der Waals surface area contributed by atoms with Gasteiger partial charge in [0.2, 0.25) is 10.0 Å². The molecule has 7 heteroatoms. The van der Waals surface area contributed by atoms with E-state index in [1.54, 1.807) is 28.6 Å². The van der Waals surface area contributed by atoms with E-state index >= 15 is 0 Å². The molecule has 0 unspecified atom stereocenters. The maximum Gasteiger partial charge on any atom is 0.243 e. The lowest BCUT2D eigenvalue weighted by Gasteiger charge is -2.35. The van der Waals surface area contributed by atoms with Crippen LogP contribution in [0.5, 0.6) is 0 Å². The molecular formula is C20H26N4O2S. The Bertz CT molecular complexity index is 887. The first kappa shape index (κ1) is 18.4. The minimum Gasteiger partial charge on any atom is -0.369 e. The topological polar surface area (TPSA) is 65.5 Å². The van der Waals surface area contributed by atoms with E-state index in [1.807, 2.05) is 13.0 Å². The van der Waals surface area contributed by atoms with Gasteiger partial charge in [0.25, 0.3) is 0 Å². The van der Waals surface area contributed by atoms with Crippen molar-refractivity contribution >= 4 is 15.7 Å². The molecule has 27 heavy (non-hydrogen) atoms. The Kier molecular flexibility index (Phi) is 5.16. The summed E-state index contributed by atoms with van der Waals surface area (Å²) in [6.45, 7) is 5.44. The van der Waals surface area contributed by atoms with Gasteiger partial charge in [-0.25, -0.2) is 8.42 Å². The number of aryl methyl sites for hydroxylation is 1. The van der Waals surface area contributed by atoms with Crippen molar-refractivity contribution in [3.63, 3.8) is 0 Å². The van der Waals surface area contributed by atoms with Crippen molar-refractivity contribution in [2.75, 3.05) is 37.6 Å². The van der Waals surface area contributed by atoms with Gasteiger partial charge in [0.05, 0.1) is 10.6 Å². The zero-order valence-electron chi connectivity index (χ0n) is 15.6. The first-order valence-electron chi connectivity index (χ1n) is 9.56. The summed E-state index contributed by atoms with van der Waals surface area (Å²) in [5, 5.41) is 3.51. The first-order valence-corrected chi connectivity index (χ1v) is 11.0. The Hall–Kier alpha value is -1.96. The molecule has 2 aliphatic rings. The summed E-state index contributed by atoms with van der Waals surface area (Å²) in [5.41, 5.74) is 3.25. The molecule has 1 N–H and O–H groups in total. The fourth-order valence-corrected chi connectivity index (χ4v) is 5.34. The van der Waals surface area contributed by atoms with Gasteiger partial charge in [0, 0.05) is 43.6 Å². The molecule has 1 aromatic heterocycles. The first-order chi connectivity index (χ1) is 13.0. The van der Waals surface area contributed by atoms with Crippen LogP contribution in [0.15, 0.2) is 47.4 Å². The number of hydrogen-bond donors (Lipinski definition) is 1. The van der Waals surface area contributed by atoms with E-state index in [4.69, 9.17) is 4.98 Å². The van der Waals surface area contributed by atoms with E-state index in [9.17, 15) is 8.42 Å². The summed E-state index contributed by atoms with van der Waals surface area (Å²) in [6.07, 6.45) is 2.31. The molecule has 6 nitrogen and oxygen atoms in total. The monoisotopic (exact) mass is 386 g/mol. The molecule has 2 aromatic rings. The number of anilines is 1. The molecule has 2 fully saturated rings. The molecule has 0 aliphatic carbocycles. The number of rotatable bonds is 4. The Morgan fingerprint density at radius 3 is 2.48 bits per heavy atom. The van der Waals surface area contributed by atoms with Gasteiger partial charge in [-0.2, -0.15) is 4.31 Å². The fraction of sp³-hybridized carbons (Fsp3) is 0.450. The van der Waals surface area contributed by atoms with Crippen molar-refractivity contribution in [2.24, 2.45) is 0 Å². The third-order valence-corrected chi connectivity index (χ3v) is 7.27. The van der Waals surface area contributed by atoms with Crippen LogP contribution in [0, 0.1) is 6.92 Å². The van der Waals surface area contributed by atoms with E-state index in [1.165, 1.54) is 6.42 Å². The van der Waals surface area contributed by atoms with Crippen molar-refractivity contribution in [2.45, 2.75) is 30.7 Å². The lowest BCUT2D eigenvalue weighted by Crippen LogP contribution is -2.48. The van der Waals surface area contributed by atoms with Crippen molar-refractivity contribution < 1.29 is 8.42 Å². The number of piperazine rings is 1. The van der Waals surface area contributed by atoms with Crippen LogP contribution in [0.4, 0.5) is 5.69 Å². The lowest BCUT2D eigenvalue weighted by atomic mass is 10.1. The van der Waals surface area contributed by atoms with Crippen LogP contribution in [0.2, 0.25) is 0 Å². The molecule has 2 saturated heterocycles. The number of benzene rings is 1. The van der Waals surface area contributed by atoms with Crippen LogP contribution in [0.1, 0.15) is 30.3 Å². The number of aromatic nitrogens is 1. The van der Waals surface area contributed by atoms with Gasteiger partial charge in [-0.15, -0.1) is 0 Å². The Morgan fingerprint density at radius 1 is 1.07 bits per heavy atom. The van der Waals surface area contributed by atoms with E-state index in [0.717, 1.165) is 30.0 Å². The van der Waals surface area contributed by atoms with Gasteiger partial charge in [0.15, 0.2) is 0 Å². The zero-order valence-corrected chi connectivity index (χ0v) is 16.5. The predicted octanol–water partition coefficient (Wildman–Crippen LogP) is 2.33. The maximum atomic E-state index is 12.8. The molecule has 3 heterocycles. The van der Waals surface area contributed by atoms with Gasteiger partial charge >= 0.3 is 0 Å². The van der Waals surface area contributed by atoms with Crippen molar-refractivity contribution in [3.8, 4) is 0 Å². The average Bonchev–Trinajstić information content (AvgIpc) is 3.23. The molecule has 2 aliphatic heterocycles. The Morgan fingerprint density at radius 2 is 1.81 bits per heavy atom. The van der Waals surface area contributed by atoms with Crippen LogP contribution < -0.4 is 10.2 Å². The van der Waals surface area contributed by atoms with Crippen LogP contribution >= 0.6 is 0 Å². The highest BCUT2D eigenvalue weighted by molar-refractivity contribution is 7.89. The summed E-state index contributed by atoms with van der Waals surface area (Å²) >= 11 is 0. The second kappa shape index (κ2) is 7.58. The number of pyridine rings is 1. The molecular weight excluding hydrogens is 360 g/mol. The SMILES string of the molecule is Cc1cc(N2CCN(S(=O)(=O)c3ccccc3)CC2)cc([C@H]2CCCN2)n1. The van der Waals surface area contributed by atoms with Crippen LogP contribution in [-0.2, 0) is 10.0 Å². The molecule has 1 atom stereocenters. The second-order valence-electron chi connectivity index (χ2n) is 7.24. The quantitative estimate of drug-likeness (QED) is 0.874. The zero-order chi connectivity index (χ0) is 18.9. The molecule has 144 valence electrons. The van der Waals surface area contributed by atoms with Crippen molar-refractivity contribution in [1.82, 2.24) is 14.6 Å². The van der Waals surface area contributed by atoms with Gasteiger partial charge in [-0.1, -0.05) is 18.2 Å². The highest BCUT2D eigenvalue weighted by atomic mass is 32.2. The number of sulfonamides is 1. The second-order valence-corrected chi connectivity index (χ2v) is 9.18. The largest absolute Gasteiger partial charge is 0.369 e. The molecule has 0 bridgehead atoms. The number of hydrogen-bond acceptors (Lipinski definition) is 5. The van der Waals surface area contributed by atoms with Gasteiger partial charge in [0.1, 0.15) is 0 Å². The average molecular weight is 387 g/mol. The normalized spacial score (nSPS) is 21.5. The van der Waals surface area contributed by atoms with Crippen LogP contribution in [-0.4, -0.2) is 50.4 Å². The van der Waals surface area contributed by atoms with E-state index in [0.29, 0.717) is 37.1 Å². The minimum absolute atomic E-state index is 0.336. The third-order valence-electron chi connectivity index (χ3n) is 5.36. The molecule has 0 saturated carbocycles. The predicted molar refractivity (Wildman–Crippen MR) is 106 cm³/mol. The van der Waals surface area contributed by atoms with Gasteiger partial charge in [-0.3, -0.25) is 4.98 Å². The van der Waals surface area contributed by atoms with Gasteiger partial charge < -0.3 is 10.2 Å². The Balaban J connectivity index is 1.48. The summed E-state index contributed by atoms with van der Waals surface area (Å²) in [4.78, 5) is 7.35. The standard InChI is InChI=1S/C20H26N4O2S/c1-16-14-17(15-20(22-16)19-8-5-9-21-19)23-10-12-24(13-11-23)27(25,26)18-6-3-2-4-7-18/h2-4,6-7,14-15,19,21H,5,8-13H2,1H3/t19-/m1/s1. The summed E-state index contributed by atoms with van der Waals surface area (Å²) in [6, 6.07) is 13.3. The van der Waals surface area contributed by atoms with Crippen LogP contribution in [0.3, 0.4) is 0 Å². The number of nitrogens with one attached hydrogen (secondary N) is 1. The van der Waals surface area contributed by atoms with Crippen molar-refractivity contribution in [1.29, 1.82) is 0 Å². The lowest BCUT2D eigenvalue weighted by molar-refractivity contribution is 0.385. The molecule has 1 aromatic carbocycles. The minimum atomic E-state index is -3.41. The third kappa shape index (κ3) is 3.85. The van der Waals surface area contributed by atoms with E-state index < -0.39 is 10.0 Å². The fourth-order valence-electron chi connectivity index (χ4n) is 3.90. The summed E-state index contributed by atoms with van der Waals surface area (Å²) in [7, 11) is -3.41. The van der Waals surface area contributed by atoms with E-state index in [2.05, 4.69) is 22.3 Å². The molecule has 0 radical (unpaired) electrons. The van der Waals surface area contributed by atoms with E-state index in [-0.39, 0.29) is 0 Å². The molecule has 0 amide bonds. The van der Waals surface area contributed by atoms with Crippen molar-refractivity contribution in [3.05, 3.63) is 53.9 Å². The Labute approximate surface area is 161 Å². The van der Waals surface area contributed by atoms with Gasteiger partial charge in [-0.05, 0) is 50.6 Å².